The minimum atomic E-state index is -0.331. The molecule has 6 heteroatoms. The summed E-state index contributed by atoms with van der Waals surface area (Å²) in [6, 6.07) is 15.3. The van der Waals surface area contributed by atoms with Crippen molar-refractivity contribution in [3.05, 3.63) is 87.5 Å². The molecule has 0 bridgehead atoms. The summed E-state index contributed by atoms with van der Waals surface area (Å²) in [5.74, 6) is -0.586. The monoisotopic (exact) mass is 379 g/mol. The molecule has 144 valence electrons. The van der Waals surface area contributed by atoms with Crippen molar-refractivity contribution in [1.29, 1.82) is 0 Å². The Morgan fingerprint density at radius 2 is 1.82 bits per heavy atom. The van der Waals surface area contributed by atoms with Crippen LogP contribution in [0.1, 0.15) is 16.7 Å². The number of benzene rings is 2. The van der Waals surface area contributed by atoms with Crippen molar-refractivity contribution in [2.45, 2.75) is 26.8 Å². The average molecular weight is 379 g/mol. The molecular formula is C22H22FN3O2. The first kappa shape index (κ1) is 19.5. The van der Waals surface area contributed by atoms with Crippen LogP contribution in [0.15, 0.2) is 59.4 Å². The molecular weight excluding hydrogens is 357 g/mol. The number of amides is 1. The van der Waals surface area contributed by atoms with Gasteiger partial charge in [-0.05, 0) is 55.7 Å². The SMILES string of the molecule is Cc1ccc(C)c(-c2ccc(=O)n(CC(=O)NCCc3ccc(F)cc3)n2)c1. The first-order valence-electron chi connectivity index (χ1n) is 9.09. The smallest absolute Gasteiger partial charge is 0.267 e. The fourth-order valence-electron chi connectivity index (χ4n) is 2.91. The van der Waals surface area contributed by atoms with Crippen LogP contribution in [0.2, 0.25) is 0 Å². The van der Waals surface area contributed by atoms with Crippen molar-refractivity contribution in [3.63, 3.8) is 0 Å². The van der Waals surface area contributed by atoms with Gasteiger partial charge < -0.3 is 5.32 Å². The highest BCUT2D eigenvalue weighted by molar-refractivity contribution is 5.75. The molecule has 2 aromatic carbocycles. The van der Waals surface area contributed by atoms with E-state index in [9.17, 15) is 14.0 Å². The zero-order chi connectivity index (χ0) is 20.1. The predicted molar refractivity (Wildman–Crippen MR) is 107 cm³/mol. The van der Waals surface area contributed by atoms with E-state index in [1.165, 1.54) is 22.9 Å². The summed E-state index contributed by atoms with van der Waals surface area (Å²) in [7, 11) is 0. The summed E-state index contributed by atoms with van der Waals surface area (Å²) in [5.41, 5.74) is 4.33. The molecule has 0 aliphatic heterocycles. The van der Waals surface area contributed by atoms with Gasteiger partial charge in [-0.3, -0.25) is 9.59 Å². The number of nitrogens with one attached hydrogen (secondary N) is 1. The summed E-state index contributed by atoms with van der Waals surface area (Å²) in [4.78, 5) is 24.3. The van der Waals surface area contributed by atoms with E-state index >= 15 is 0 Å². The largest absolute Gasteiger partial charge is 0.354 e. The first-order valence-corrected chi connectivity index (χ1v) is 9.09. The Labute approximate surface area is 162 Å². The first-order chi connectivity index (χ1) is 13.4. The number of hydrogen-bond acceptors (Lipinski definition) is 3. The van der Waals surface area contributed by atoms with E-state index in [0.29, 0.717) is 18.7 Å². The second-order valence-electron chi connectivity index (χ2n) is 6.76. The van der Waals surface area contributed by atoms with Crippen molar-refractivity contribution in [1.82, 2.24) is 15.1 Å². The zero-order valence-electron chi connectivity index (χ0n) is 15.9. The van der Waals surface area contributed by atoms with E-state index in [1.54, 1.807) is 18.2 Å². The Bertz CT molecular complexity index is 1040. The Hall–Kier alpha value is -3.28. The minimum absolute atomic E-state index is 0.152. The molecule has 1 aromatic heterocycles. The molecule has 0 saturated heterocycles. The van der Waals surface area contributed by atoms with Crippen molar-refractivity contribution < 1.29 is 9.18 Å². The Balaban J connectivity index is 1.66. The van der Waals surface area contributed by atoms with Crippen molar-refractivity contribution in [2.24, 2.45) is 0 Å². The topological polar surface area (TPSA) is 64.0 Å². The van der Waals surface area contributed by atoms with Crippen LogP contribution in [0.5, 0.6) is 0 Å². The minimum Gasteiger partial charge on any atom is -0.354 e. The Morgan fingerprint density at radius 1 is 1.07 bits per heavy atom. The molecule has 0 unspecified atom stereocenters. The van der Waals surface area contributed by atoms with Gasteiger partial charge in [-0.15, -0.1) is 0 Å². The summed E-state index contributed by atoms with van der Waals surface area (Å²) in [6.45, 7) is 4.22. The van der Waals surface area contributed by atoms with Gasteiger partial charge >= 0.3 is 0 Å². The lowest BCUT2D eigenvalue weighted by Gasteiger charge is -2.10. The molecule has 1 heterocycles. The van der Waals surface area contributed by atoms with Crippen molar-refractivity contribution >= 4 is 5.91 Å². The lowest BCUT2D eigenvalue weighted by molar-refractivity contribution is -0.121. The fourth-order valence-corrected chi connectivity index (χ4v) is 2.91. The third-order valence-electron chi connectivity index (χ3n) is 4.48. The molecule has 3 rings (SSSR count). The molecule has 0 aliphatic rings. The molecule has 3 aromatic rings. The third-order valence-corrected chi connectivity index (χ3v) is 4.48. The summed E-state index contributed by atoms with van der Waals surface area (Å²) < 4.78 is 14.1. The highest BCUT2D eigenvalue weighted by atomic mass is 19.1. The molecule has 0 saturated carbocycles. The number of hydrogen-bond donors (Lipinski definition) is 1. The predicted octanol–water partition coefficient (Wildman–Crippen LogP) is 3.03. The van der Waals surface area contributed by atoms with Crippen LogP contribution >= 0.6 is 0 Å². The van der Waals surface area contributed by atoms with Crippen LogP contribution in [0.4, 0.5) is 4.39 Å². The molecule has 0 fully saturated rings. The molecule has 0 atom stereocenters. The number of halogens is 1. The van der Waals surface area contributed by atoms with Gasteiger partial charge in [-0.25, -0.2) is 9.07 Å². The third kappa shape index (κ3) is 4.91. The van der Waals surface area contributed by atoms with Gasteiger partial charge in [0.15, 0.2) is 0 Å². The standard InChI is InChI=1S/C22H22FN3O2/c1-15-3-4-16(2)19(13-15)20-9-10-22(28)26(25-20)14-21(27)24-12-11-17-5-7-18(23)8-6-17/h3-10,13H,11-12,14H2,1-2H3,(H,24,27). The van der Waals surface area contributed by atoms with Crippen molar-refractivity contribution in [2.75, 3.05) is 6.54 Å². The maximum absolute atomic E-state index is 12.9. The maximum Gasteiger partial charge on any atom is 0.267 e. The number of carbonyl (C=O) groups is 1. The highest BCUT2D eigenvalue weighted by Crippen LogP contribution is 2.21. The Morgan fingerprint density at radius 3 is 2.57 bits per heavy atom. The second-order valence-corrected chi connectivity index (χ2v) is 6.76. The van der Waals surface area contributed by atoms with Crippen LogP contribution < -0.4 is 10.9 Å². The molecule has 1 N–H and O–H groups in total. The number of aromatic nitrogens is 2. The van der Waals surface area contributed by atoms with Crippen LogP contribution in [-0.2, 0) is 17.8 Å². The highest BCUT2D eigenvalue weighted by Gasteiger charge is 2.09. The van der Waals surface area contributed by atoms with Gasteiger partial charge in [-0.1, -0.05) is 29.8 Å². The van der Waals surface area contributed by atoms with Crippen LogP contribution in [0.3, 0.4) is 0 Å². The maximum atomic E-state index is 12.9. The van der Waals surface area contributed by atoms with Crippen LogP contribution in [0, 0.1) is 19.7 Å². The lowest BCUT2D eigenvalue weighted by atomic mass is 10.0. The van der Waals surface area contributed by atoms with Crippen molar-refractivity contribution in [3.8, 4) is 11.3 Å². The van der Waals surface area contributed by atoms with E-state index in [4.69, 9.17) is 0 Å². The molecule has 0 radical (unpaired) electrons. The van der Waals surface area contributed by atoms with E-state index in [2.05, 4.69) is 10.4 Å². The average Bonchev–Trinajstić information content (AvgIpc) is 2.67. The van der Waals surface area contributed by atoms with Gasteiger partial charge in [0.05, 0.1) is 5.69 Å². The van der Waals surface area contributed by atoms with E-state index < -0.39 is 0 Å². The molecule has 0 aliphatic carbocycles. The number of carbonyl (C=O) groups excluding carboxylic acids is 1. The lowest BCUT2D eigenvalue weighted by Crippen LogP contribution is -2.34. The summed E-state index contributed by atoms with van der Waals surface area (Å²) in [5, 5.41) is 7.13. The summed E-state index contributed by atoms with van der Waals surface area (Å²) >= 11 is 0. The molecule has 28 heavy (non-hydrogen) atoms. The van der Waals surface area contributed by atoms with Crippen LogP contribution in [-0.4, -0.2) is 22.2 Å². The molecule has 1 amide bonds. The van der Waals surface area contributed by atoms with Crippen LogP contribution in [0.25, 0.3) is 11.3 Å². The van der Waals surface area contributed by atoms with Gasteiger partial charge in [0.1, 0.15) is 12.4 Å². The normalized spacial score (nSPS) is 10.7. The fraction of sp³-hybridized carbons (Fsp3) is 0.227. The quantitative estimate of drug-likeness (QED) is 0.716. The van der Waals surface area contributed by atoms with Gasteiger partial charge in [0.2, 0.25) is 5.91 Å². The number of rotatable bonds is 6. The second kappa shape index (κ2) is 8.61. The van der Waals surface area contributed by atoms with E-state index in [1.807, 2.05) is 32.0 Å². The number of aryl methyl sites for hydroxylation is 2. The van der Waals surface area contributed by atoms with Gasteiger partial charge in [0.25, 0.3) is 5.56 Å². The van der Waals surface area contributed by atoms with Gasteiger partial charge in [-0.2, -0.15) is 5.10 Å². The van der Waals surface area contributed by atoms with Gasteiger partial charge in [0, 0.05) is 18.2 Å². The molecule has 5 nitrogen and oxygen atoms in total. The molecule has 0 spiro atoms. The van der Waals surface area contributed by atoms with E-state index in [-0.39, 0.29) is 23.8 Å². The number of nitrogens with zero attached hydrogens (tertiary/aromatic N) is 2. The summed E-state index contributed by atoms with van der Waals surface area (Å²) in [6.07, 6.45) is 0.580. The Kier molecular flexibility index (Phi) is 5.99. The van der Waals surface area contributed by atoms with E-state index in [0.717, 1.165) is 22.3 Å². The zero-order valence-corrected chi connectivity index (χ0v) is 15.9.